The van der Waals surface area contributed by atoms with Crippen LogP contribution in [0.5, 0.6) is 0 Å². The average Bonchev–Trinajstić information content (AvgIpc) is 2.30. The quantitative estimate of drug-likeness (QED) is 0.609. The van der Waals surface area contributed by atoms with Crippen LogP contribution in [0.1, 0.15) is 27.8 Å². The maximum Gasteiger partial charge on any atom is 0.0317 e. The van der Waals surface area contributed by atoms with Crippen molar-refractivity contribution in [2.45, 2.75) is 20.8 Å². The summed E-state index contributed by atoms with van der Waals surface area (Å²) in [5.41, 5.74) is 12.8. The third kappa shape index (κ3) is 2.80. The molecule has 92 valence electrons. The van der Waals surface area contributed by atoms with Gasteiger partial charge in [-0.1, -0.05) is 42.0 Å². The Morgan fingerprint density at radius 2 is 1.33 bits per heavy atom. The van der Waals surface area contributed by atoms with Gasteiger partial charge in [-0.2, -0.15) is 0 Å². The normalized spacial score (nSPS) is 11.1. The van der Waals surface area contributed by atoms with Crippen molar-refractivity contribution >= 4 is 17.8 Å². The van der Waals surface area contributed by atoms with Crippen molar-refractivity contribution in [3.05, 3.63) is 64.2 Å². The zero-order valence-corrected chi connectivity index (χ0v) is 11.2. The topological polar surface area (TPSA) is 26.0 Å². The number of hydrogen-bond acceptors (Lipinski definition) is 1. The molecule has 0 heterocycles. The predicted molar refractivity (Wildman–Crippen MR) is 80.4 cm³/mol. The van der Waals surface area contributed by atoms with Gasteiger partial charge in [0.05, 0.1) is 0 Å². The Morgan fingerprint density at radius 1 is 0.778 bits per heavy atom. The molecular formula is C17H19N. The SMILES string of the molecule is Cc1ccc(C=Cc2ccc(N)cc2C)c(C)c1. The fourth-order valence-electron chi connectivity index (χ4n) is 2.08. The Bertz CT molecular complexity index is 541. The lowest BCUT2D eigenvalue weighted by Gasteiger charge is -2.04. The van der Waals surface area contributed by atoms with E-state index < -0.39 is 0 Å². The van der Waals surface area contributed by atoms with E-state index in [2.05, 4.69) is 57.2 Å². The van der Waals surface area contributed by atoms with E-state index in [1.165, 1.54) is 27.8 Å². The summed E-state index contributed by atoms with van der Waals surface area (Å²) in [6.45, 7) is 6.34. The van der Waals surface area contributed by atoms with Crippen LogP contribution in [0.15, 0.2) is 36.4 Å². The van der Waals surface area contributed by atoms with E-state index in [1.54, 1.807) is 0 Å². The van der Waals surface area contributed by atoms with Gasteiger partial charge in [-0.25, -0.2) is 0 Å². The van der Waals surface area contributed by atoms with Crippen molar-refractivity contribution < 1.29 is 0 Å². The monoisotopic (exact) mass is 237 g/mol. The summed E-state index contributed by atoms with van der Waals surface area (Å²) in [4.78, 5) is 0. The van der Waals surface area contributed by atoms with Crippen LogP contribution in [-0.2, 0) is 0 Å². The molecule has 0 atom stereocenters. The van der Waals surface area contributed by atoms with E-state index in [1.807, 2.05) is 12.1 Å². The number of nitrogens with two attached hydrogens (primary N) is 1. The Kier molecular flexibility index (Phi) is 3.52. The van der Waals surface area contributed by atoms with Gasteiger partial charge in [0.1, 0.15) is 0 Å². The summed E-state index contributed by atoms with van der Waals surface area (Å²) in [5, 5.41) is 0. The van der Waals surface area contributed by atoms with Crippen LogP contribution < -0.4 is 5.73 Å². The van der Waals surface area contributed by atoms with Gasteiger partial charge < -0.3 is 5.73 Å². The molecule has 0 aliphatic heterocycles. The van der Waals surface area contributed by atoms with Crippen LogP contribution in [-0.4, -0.2) is 0 Å². The van der Waals surface area contributed by atoms with Gasteiger partial charge in [0.2, 0.25) is 0 Å². The Labute approximate surface area is 109 Å². The average molecular weight is 237 g/mol. The van der Waals surface area contributed by atoms with Gasteiger partial charge in [0, 0.05) is 5.69 Å². The van der Waals surface area contributed by atoms with Gasteiger partial charge in [0.15, 0.2) is 0 Å². The van der Waals surface area contributed by atoms with Crippen LogP contribution >= 0.6 is 0 Å². The first-order valence-corrected chi connectivity index (χ1v) is 6.18. The summed E-state index contributed by atoms with van der Waals surface area (Å²) >= 11 is 0. The summed E-state index contributed by atoms with van der Waals surface area (Å²) in [6.07, 6.45) is 4.31. The molecule has 0 fully saturated rings. The molecular weight excluding hydrogens is 218 g/mol. The standard InChI is InChI=1S/C17H19N/c1-12-4-5-15(13(2)10-12)6-7-16-8-9-17(18)11-14(16)3/h4-11H,18H2,1-3H3. The number of rotatable bonds is 2. The number of benzene rings is 2. The number of hydrogen-bond donors (Lipinski definition) is 1. The molecule has 0 unspecified atom stereocenters. The Balaban J connectivity index is 2.30. The van der Waals surface area contributed by atoms with E-state index in [-0.39, 0.29) is 0 Å². The first kappa shape index (κ1) is 12.4. The fourth-order valence-corrected chi connectivity index (χ4v) is 2.08. The zero-order valence-electron chi connectivity index (χ0n) is 11.2. The van der Waals surface area contributed by atoms with Crippen molar-refractivity contribution in [3.8, 4) is 0 Å². The minimum absolute atomic E-state index is 0.816. The second-order valence-electron chi connectivity index (χ2n) is 4.81. The maximum absolute atomic E-state index is 5.75. The molecule has 1 heteroatoms. The highest BCUT2D eigenvalue weighted by Gasteiger charge is 1.97. The van der Waals surface area contributed by atoms with Crippen molar-refractivity contribution in [2.24, 2.45) is 0 Å². The van der Waals surface area contributed by atoms with Crippen LogP contribution in [0, 0.1) is 20.8 Å². The molecule has 0 aliphatic carbocycles. The number of aryl methyl sites for hydroxylation is 3. The number of anilines is 1. The molecule has 2 aromatic carbocycles. The van der Waals surface area contributed by atoms with Gasteiger partial charge in [-0.3, -0.25) is 0 Å². The Morgan fingerprint density at radius 3 is 1.89 bits per heavy atom. The molecule has 0 aromatic heterocycles. The summed E-state index contributed by atoms with van der Waals surface area (Å²) < 4.78 is 0. The lowest BCUT2D eigenvalue weighted by Crippen LogP contribution is -1.87. The fraction of sp³-hybridized carbons (Fsp3) is 0.176. The van der Waals surface area contributed by atoms with E-state index in [9.17, 15) is 0 Å². The van der Waals surface area contributed by atoms with Crippen molar-refractivity contribution in [3.63, 3.8) is 0 Å². The molecule has 0 amide bonds. The van der Waals surface area contributed by atoms with Gasteiger partial charge in [0.25, 0.3) is 0 Å². The summed E-state index contributed by atoms with van der Waals surface area (Å²) in [5.74, 6) is 0. The first-order valence-electron chi connectivity index (χ1n) is 6.18. The van der Waals surface area contributed by atoms with Crippen LogP contribution in [0.4, 0.5) is 5.69 Å². The first-order chi connectivity index (χ1) is 8.56. The second kappa shape index (κ2) is 5.09. The van der Waals surface area contributed by atoms with Crippen LogP contribution in [0.2, 0.25) is 0 Å². The molecule has 1 nitrogen and oxygen atoms in total. The largest absolute Gasteiger partial charge is 0.399 e. The maximum atomic E-state index is 5.75. The molecule has 2 N–H and O–H groups in total. The molecule has 0 saturated carbocycles. The van der Waals surface area contributed by atoms with Crippen molar-refractivity contribution in [1.29, 1.82) is 0 Å². The predicted octanol–water partition coefficient (Wildman–Crippen LogP) is 4.36. The van der Waals surface area contributed by atoms with Crippen LogP contribution in [0.3, 0.4) is 0 Å². The number of nitrogen functional groups attached to an aromatic ring is 1. The third-order valence-electron chi connectivity index (χ3n) is 3.16. The minimum atomic E-state index is 0.816. The third-order valence-corrected chi connectivity index (χ3v) is 3.16. The summed E-state index contributed by atoms with van der Waals surface area (Å²) in [7, 11) is 0. The van der Waals surface area contributed by atoms with Crippen molar-refractivity contribution in [2.75, 3.05) is 5.73 Å². The van der Waals surface area contributed by atoms with Crippen LogP contribution in [0.25, 0.3) is 12.2 Å². The molecule has 0 saturated heterocycles. The Hall–Kier alpha value is -2.02. The lowest BCUT2D eigenvalue weighted by atomic mass is 10.0. The van der Waals surface area contributed by atoms with E-state index in [4.69, 9.17) is 5.73 Å². The molecule has 2 aromatic rings. The lowest BCUT2D eigenvalue weighted by molar-refractivity contribution is 1.37. The smallest absolute Gasteiger partial charge is 0.0317 e. The highest BCUT2D eigenvalue weighted by molar-refractivity contribution is 5.73. The van der Waals surface area contributed by atoms with Gasteiger partial charge in [-0.15, -0.1) is 0 Å². The highest BCUT2D eigenvalue weighted by Crippen LogP contribution is 2.17. The molecule has 0 spiro atoms. The molecule has 0 radical (unpaired) electrons. The van der Waals surface area contributed by atoms with E-state index in [0.29, 0.717) is 0 Å². The molecule has 18 heavy (non-hydrogen) atoms. The molecule has 0 bridgehead atoms. The van der Waals surface area contributed by atoms with E-state index >= 15 is 0 Å². The second-order valence-corrected chi connectivity index (χ2v) is 4.81. The summed E-state index contributed by atoms with van der Waals surface area (Å²) in [6, 6.07) is 12.5. The van der Waals surface area contributed by atoms with E-state index in [0.717, 1.165) is 5.69 Å². The van der Waals surface area contributed by atoms with Gasteiger partial charge in [-0.05, 0) is 55.2 Å². The van der Waals surface area contributed by atoms with Crippen molar-refractivity contribution in [1.82, 2.24) is 0 Å². The van der Waals surface area contributed by atoms with Gasteiger partial charge >= 0.3 is 0 Å². The minimum Gasteiger partial charge on any atom is -0.399 e. The molecule has 0 aliphatic rings. The molecule has 2 rings (SSSR count). The highest BCUT2D eigenvalue weighted by atomic mass is 14.5. The zero-order chi connectivity index (χ0) is 13.1.